The van der Waals surface area contributed by atoms with Gasteiger partial charge in [0.25, 0.3) is 0 Å². The lowest BCUT2D eigenvalue weighted by Gasteiger charge is -2.34. The second-order valence-electron chi connectivity index (χ2n) is 11.0. The number of methoxy groups -OCH3 is 1. The molecule has 1 atom stereocenters. The van der Waals surface area contributed by atoms with Gasteiger partial charge in [-0.25, -0.2) is 9.97 Å². The smallest absolute Gasteiger partial charge is 0.227 e. The Balaban J connectivity index is 1.10. The zero-order valence-corrected chi connectivity index (χ0v) is 23.6. The second-order valence-corrected chi connectivity index (χ2v) is 11.0. The van der Waals surface area contributed by atoms with Crippen molar-refractivity contribution in [2.24, 2.45) is 0 Å². The van der Waals surface area contributed by atoms with E-state index in [9.17, 15) is 0 Å². The Labute approximate surface area is 238 Å². The molecule has 2 heterocycles. The van der Waals surface area contributed by atoms with E-state index >= 15 is 0 Å². The van der Waals surface area contributed by atoms with Crippen molar-refractivity contribution in [3.63, 3.8) is 0 Å². The topological polar surface area (TPSA) is 53.5 Å². The Bertz CT molecular complexity index is 1430. The molecule has 1 aliphatic heterocycles. The molecule has 4 aromatic rings. The molecule has 0 amide bonds. The highest BCUT2D eigenvalue weighted by Crippen LogP contribution is 2.42. The molecule has 1 N–H and O–H groups in total. The molecule has 6 heteroatoms. The number of aryl methyl sites for hydroxylation is 1. The van der Waals surface area contributed by atoms with Crippen molar-refractivity contribution < 1.29 is 4.74 Å². The van der Waals surface area contributed by atoms with E-state index in [1.165, 1.54) is 33.4 Å². The average Bonchev–Trinajstić information content (AvgIpc) is 3.00. The Morgan fingerprint density at radius 2 is 1.55 bits per heavy atom. The van der Waals surface area contributed by atoms with Crippen LogP contribution in [0.1, 0.15) is 33.7 Å². The molecule has 1 aromatic heterocycles. The SMILES string of the molecule is COCCN1CCN(CCc2ccc(Nc3ncc4c(n3)-c3ccccc3C(c3ccccc3C)C4)cc2)CC1. The predicted octanol–water partition coefficient (Wildman–Crippen LogP) is 5.69. The van der Waals surface area contributed by atoms with Gasteiger partial charge in [0, 0.05) is 69.7 Å². The van der Waals surface area contributed by atoms with Crippen molar-refractivity contribution >= 4 is 11.6 Å². The molecule has 1 saturated heterocycles. The number of benzene rings is 3. The van der Waals surface area contributed by atoms with Crippen LogP contribution in [0.3, 0.4) is 0 Å². The van der Waals surface area contributed by atoms with E-state index in [0.29, 0.717) is 11.9 Å². The Hall–Kier alpha value is -3.58. The lowest BCUT2D eigenvalue weighted by Crippen LogP contribution is -2.47. The van der Waals surface area contributed by atoms with Crippen LogP contribution >= 0.6 is 0 Å². The maximum absolute atomic E-state index is 5.22. The normalized spacial score (nSPS) is 17.3. The number of nitrogens with one attached hydrogen (secondary N) is 1. The van der Waals surface area contributed by atoms with Crippen LogP contribution < -0.4 is 5.32 Å². The molecule has 0 radical (unpaired) electrons. The van der Waals surface area contributed by atoms with Gasteiger partial charge in [-0.3, -0.25) is 4.90 Å². The van der Waals surface area contributed by atoms with Crippen LogP contribution in [0.5, 0.6) is 0 Å². The van der Waals surface area contributed by atoms with Gasteiger partial charge < -0.3 is 15.0 Å². The number of fused-ring (bicyclic) bond motifs is 3. The fraction of sp³-hybridized carbons (Fsp3) is 0.353. The van der Waals surface area contributed by atoms with E-state index < -0.39 is 0 Å². The van der Waals surface area contributed by atoms with Gasteiger partial charge in [0.2, 0.25) is 5.95 Å². The fourth-order valence-electron chi connectivity index (χ4n) is 6.08. The first-order valence-electron chi connectivity index (χ1n) is 14.5. The van der Waals surface area contributed by atoms with Crippen molar-refractivity contribution in [2.45, 2.75) is 25.7 Å². The second kappa shape index (κ2) is 12.3. The third kappa shape index (κ3) is 5.94. The van der Waals surface area contributed by atoms with Crippen molar-refractivity contribution in [1.29, 1.82) is 0 Å². The summed E-state index contributed by atoms with van der Waals surface area (Å²) in [4.78, 5) is 14.8. The highest BCUT2D eigenvalue weighted by atomic mass is 16.5. The summed E-state index contributed by atoms with van der Waals surface area (Å²) in [5, 5.41) is 3.44. The van der Waals surface area contributed by atoms with Crippen molar-refractivity contribution in [2.75, 3.05) is 58.3 Å². The maximum Gasteiger partial charge on any atom is 0.227 e. The number of hydrogen-bond acceptors (Lipinski definition) is 6. The molecule has 40 heavy (non-hydrogen) atoms. The van der Waals surface area contributed by atoms with Crippen LogP contribution in [0, 0.1) is 6.92 Å². The first-order valence-corrected chi connectivity index (χ1v) is 14.5. The zero-order chi connectivity index (χ0) is 27.3. The van der Waals surface area contributed by atoms with Crippen LogP contribution in [-0.2, 0) is 17.6 Å². The molecule has 0 spiro atoms. The lowest BCUT2D eigenvalue weighted by atomic mass is 9.77. The summed E-state index contributed by atoms with van der Waals surface area (Å²) in [6.45, 7) is 9.68. The van der Waals surface area contributed by atoms with Gasteiger partial charge in [0.15, 0.2) is 0 Å². The number of piperazine rings is 1. The summed E-state index contributed by atoms with van der Waals surface area (Å²) in [5.41, 5.74) is 9.87. The van der Waals surface area contributed by atoms with Gasteiger partial charge in [0.1, 0.15) is 0 Å². The molecule has 3 aromatic carbocycles. The predicted molar refractivity (Wildman–Crippen MR) is 162 cm³/mol. The number of aromatic nitrogens is 2. The number of anilines is 2. The third-order valence-corrected chi connectivity index (χ3v) is 8.45. The fourth-order valence-corrected chi connectivity index (χ4v) is 6.08. The highest BCUT2D eigenvalue weighted by molar-refractivity contribution is 5.73. The summed E-state index contributed by atoms with van der Waals surface area (Å²) >= 11 is 0. The van der Waals surface area contributed by atoms with Crippen LogP contribution in [0.25, 0.3) is 11.3 Å². The largest absolute Gasteiger partial charge is 0.383 e. The Morgan fingerprint density at radius 3 is 2.30 bits per heavy atom. The van der Waals surface area contributed by atoms with E-state index in [1.807, 2.05) is 6.20 Å². The molecule has 6 rings (SSSR count). The van der Waals surface area contributed by atoms with Gasteiger partial charge in [-0.05, 0) is 59.7 Å². The van der Waals surface area contributed by atoms with Crippen LogP contribution in [0.4, 0.5) is 11.6 Å². The summed E-state index contributed by atoms with van der Waals surface area (Å²) in [6.07, 6.45) is 3.98. The Kier molecular flexibility index (Phi) is 8.19. The Morgan fingerprint density at radius 1 is 0.850 bits per heavy atom. The minimum Gasteiger partial charge on any atom is -0.383 e. The summed E-state index contributed by atoms with van der Waals surface area (Å²) < 4.78 is 5.22. The molecule has 206 valence electrons. The van der Waals surface area contributed by atoms with Crippen molar-refractivity contribution in [3.05, 3.63) is 107 Å². The quantitative estimate of drug-likeness (QED) is 0.298. The molecule has 2 aliphatic rings. The van der Waals surface area contributed by atoms with Crippen LogP contribution in [0.15, 0.2) is 79.0 Å². The van der Waals surface area contributed by atoms with Gasteiger partial charge in [-0.15, -0.1) is 0 Å². The maximum atomic E-state index is 5.22. The average molecular weight is 534 g/mol. The third-order valence-electron chi connectivity index (χ3n) is 8.45. The molecular formula is C34H39N5O. The molecule has 0 bridgehead atoms. The number of ether oxygens (including phenoxy) is 1. The summed E-state index contributed by atoms with van der Waals surface area (Å²) in [7, 11) is 1.78. The minimum absolute atomic E-state index is 0.319. The molecule has 0 saturated carbocycles. The number of hydrogen-bond donors (Lipinski definition) is 1. The highest BCUT2D eigenvalue weighted by Gasteiger charge is 2.28. The van der Waals surface area contributed by atoms with Crippen molar-refractivity contribution in [3.8, 4) is 11.3 Å². The monoisotopic (exact) mass is 533 g/mol. The van der Waals surface area contributed by atoms with E-state index in [4.69, 9.17) is 14.7 Å². The van der Waals surface area contributed by atoms with E-state index in [1.54, 1.807) is 7.11 Å². The minimum atomic E-state index is 0.319. The summed E-state index contributed by atoms with van der Waals surface area (Å²) in [5.74, 6) is 0.960. The van der Waals surface area contributed by atoms with E-state index in [-0.39, 0.29) is 0 Å². The summed E-state index contributed by atoms with van der Waals surface area (Å²) in [6, 6.07) is 26.1. The van der Waals surface area contributed by atoms with Crippen molar-refractivity contribution in [1.82, 2.24) is 19.8 Å². The molecule has 6 nitrogen and oxygen atoms in total. The zero-order valence-electron chi connectivity index (χ0n) is 23.6. The molecular weight excluding hydrogens is 494 g/mol. The molecule has 1 fully saturated rings. The molecule has 1 unspecified atom stereocenters. The first kappa shape index (κ1) is 26.6. The standard InChI is InChI=1S/C34H39N5O/c1-25-7-3-4-8-29(25)32-23-27-24-35-34(37-33(27)31-10-6-5-9-30(31)32)36-28-13-11-26(12-14-28)15-16-38-17-19-39(20-18-38)21-22-40-2/h3-14,24,32H,15-23H2,1-2H3,(H,35,36,37). The van der Waals surface area contributed by atoms with Gasteiger partial charge in [0.05, 0.1) is 12.3 Å². The lowest BCUT2D eigenvalue weighted by molar-refractivity contribution is 0.0976. The van der Waals surface area contributed by atoms with Gasteiger partial charge >= 0.3 is 0 Å². The van der Waals surface area contributed by atoms with Gasteiger partial charge in [-0.1, -0.05) is 60.7 Å². The van der Waals surface area contributed by atoms with Crippen LogP contribution in [0.2, 0.25) is 0 Å². The van der Waals surface area contributed by atoms with Crippen LogP contribution in [-0.4, -0.2) is 72.8 Å². The number of nitrogens with zero attached hydrogens (tertiary/aromatic N) is 4. The van der Waals surface area contributed by atoms with E-state index in [0.717, 1.165) is 70.1 Å². The van der Waals surface area contributed by atoms with Gasteiger partial charge in [-0.2, -0.15) is 0 Å². The first-order chi connectivity index (χ1) is 19.7. The van der Waals surface area contributed by atoms with E-state index in [2.05, 4.69) is 94.8 Å². The number of rotatable bonds is 9. The molecule has 1 aliphatic carbocycles.